The monoisotopic (exact) mass is 414 g/mol. The van der Waals surface area contributed by atoms with E-state index in [2.05, 4.69) is 15.0 Å². The number of H-pyrrole nitrogens is 1. The smallest absolute Gasteiger partial charge is 0.217 e. The summed E-state index contributed by atoms with van der Waals surface area (Å²) in [5.41, 5.74) is 1.97. The third-order valence-electron chi connectivity index (χ3n) is 4.28. The highest BCUT2D eigenvalue weighted by atomic mass is 32.1. The van der Waals surface area contributed by atoms with Crippen molar-refractivity contribution in [2.45, 2.75) is 13.2 Å². The van der Waals surface area contributed by atoms with Crippen LogP contribution in [0.25, 0.3) is 12.2 Å². The molecule has 8 heteroatoms. The lowest BCUT2D eigenvalue weighted by molar-refractivity contribution is 0.243. The molecule has 6 nitrogen and oxygen atoms in total. The van der Waals surface area contributed by atoms with Crippen molar-refractivity contribution in [2.24, 2.45) is 0 Å². The van der Waals surface area contributed by atoms with E-state index in [4.69, 9.17) is 21.7 Å². The summed E-state index contributed by atoms with van der Waals surface area (Å²) >= 11 is 5.35. The van der Waals surface area contributed by atoms with Gasteiger partial charge in [0.25, 0.3) is 0 Å². The summed E-state index contributed by atoms with van der Waals surface area (Å²) in [4.78, 5) is 6.45. The molecule has 0 saturated heterocycles. The molecular formula is C21H23FN4O2S. The first-order chi connectivity index (χ1) is 14.0. The predicted octanol–water partition coefficient (Wildman–Crippen LogP) is 4.36. The third kappa shape index (κ3) is 5.52. The number of methoxy groups -OCH3 is 2. The Morgan fingerprint density at radius 2 is 1.83 bits per heavy atom. The van der Waals surface area contributed by atoms with Crippen LogP contribution in [0.15, 0.2) is 42.5 Å². The fourth-order valence-electron chi connectivity index (χ4n) is 2.88. The molecule has 2 aromatic carbocycles. The molecule has 0 unspecified atom stereocenters. The van der Waals surface area contributed by atoms with Crippen molar-refractivity contribution in [3.8, 4) is 11.5 Å². The van der Waals surface area contributed by atoms with Crippen LogP contribution in [0.3, 0.4) is 0 Å². The van der Waals surface area contributed by atoms with Crippen LogP contribution in [0, 0.1) is 10.6 Å². The number of hydrogen-bond donors (Lipinski definition) is 1. The maximum atomic E-state index is 13.0. The Morgan fingerprint density at radius 1 is 1.10 bits per heavy atom. The van der Waals surface area contributed by atoms with Gasteiger partial charge in [0.1, 0.15) is 11.6 Å². The number of aromatic amines is 1. The minimum atomic E-state index is -0.261. The average Bonchev–Trinajstić information content (AvgIpc) is 3.06. The Kier molecular flexibility index (Phi) is 6.79. The van der Waals surface area contributed by atoms with Crippen molar-refractivity contribution in [3.05, 3.63) is 70.0 Å². The second-order valence-electron chi connectivity index (χ2n) is 6.55. The van der Waals surface area contributed by atoms with E-state index in [-0.39, 0.29) is 5.82 Å². The molecule has 0 saturated carbocycles. The number of hydrogen-bond acceptors (Lipinski definition) is 5. The summed E-state index contributed by atoms with van der Waals surface area (Å²) in [5, 5.41) is 3.17. The van der Waals surface area contributed by atoms with E-state index in [0.717, 1.165) is 11.1 Å². The maximum absolute atomic E-state index is 13.0. The molecule has 0 fully saturated rings. The topological polar surface area (TPSA) is 55.3 Å². The molecule has 1 heterocycles. The number of halogens is 1. The number of nitrogens with zero attached hydrogens (tertiary/aromatic N) is 3. The Morgan fingerprint density at radius 3 is 2.52 bits per heavy atom. The van der Waals surface area contributed by atoms with E-state index in [1.54, 1.807) is 31.0 Å². The molecule has 0 radical (unpaired) electrons. The Bertz CT molecular complexity index is 1040. The van der Waals surface area contributed by atoms with Gasteiger partial charge < -0.3 is 9.47 Å². The third-order valence-corrected chi connectivity index (χ3v) is 4.60. The highest BCUT2D eigenvalue weighted by molar-refractivity contribution is 7.71. The largest absolute Gasteiger partial charge is 0.493 e. The first-order valence-corrected chi connectivity index (χ1v) is 9.39. The van der Waals surface area contributed by atoms with Gasteiger partial charge in [-0.15, -0.1) is 0 Å². The number of aromatic nitrogens is 3. The van der Waals surface area contributed by atoms with Gasteiger partial charge in [-0.3, -0.25) is 10.00 Å². The van der Waals surface area contributed by atoms with Crippen LogP contribution in [-0.4, -0.2) is 40.9 Å². The number of rotatable bonds is 8. The van der Waals surface area contributed by atoms with Gasteiger partial charge in [0, 0.05) is 6.54 Å². The summed E-state index contributed by atoms with van der Waals surface area (Å²) in [5.74, 6) is 1.78. The van der Waals surface area contributed by atoms with E-state index in [9.17, 15) is 4.39 Å². The standard InChI is InChI=1S/C21H23FN4O2S/c1-25(13-16-6-10-18(27-2)19(12-16)28-3)14-26-21(29)23-20(24-26)11-7-15-4-8-17(22)9-5-15/h4-12H,13-14H2,1-3H3,(H,23,24,29)/b11-7+. The Balaban J connectivity index is 1.66. The molecule has 0 atom stereocenters. The molecule has 0 aliphatic rings. The second-order valence-corrected chi connectivity index (χ2v) is 6.91. The van der Waals surface area contributed by atoms with Crippen molar-refractivity contribution in [3.63, 3.8) is 0 Å². The summed E-state index contributed by atoms with van der Waals surface area (Å²) in [6.07, 6.45) is 3.67. The van der Waals surface area contributed by atoms with Gasteiger partial charge in [-0.2, -0.15) is 4.98 Å². The normalized spacial score (nSPS) is 11.3. The summed E-state index contributed by atoms with van der Waals surface area (Å²) < 4.78 is 25.9. The van der Waals surface area contributed by atoms with Crippen molar-refractivity contribution in [1.29, 1.82) is 0 Å². The quantitative estimate of drug-likeness (QED) is 0.555. The lowest BCUT2D eigenvalue weighted by Gasteiger charge is -2.18. The zero-order valence-electron chi connectivity index (χ0n) is 16.6. The van der Waals surface area contributed by atoms with Crippen LogP contribution in [0.5, 0.6) is 11.5 Å². The molecule has 1 aromatic heterocycles. The maximum Gasteiger partial charge on any atom is 0.217 e. The van der Waals surface area contributed by atoms with Crippen LogP contribution in [0.4, 0.5) is 4.39 Å². The molecule has 29 heavy (non-hydrogen) atoms. The molecule has 0 aliphatic carbocycles. The molecule has 0 amide bonds. The van der Waals surface area contributed by atoms with Crippen LogP contribution >= 0.6 is 12.2 Å². The zero-order chi connectivity index (χ0) is 20.8. The highest BCUT2D eigenvalue weighted by Gasteiger charge is 2.08. The van der Waals surface area contributed by atoms with Crippen LogP contribution < -0.4 is 9.47 Å². The van der Waals surface area contributed by atoms with Crippen LogP contribution in [0.1, 0.15) is 17.0 Å². The minimum Gasteiger partial charge on any atom is -0.493 e. The van der Waals surface area contributed by atoms with Crippen LogP contribution in [-0.2, 0) is 13.2 Å². The lowest BCUT2D eigenvalue weighted by Crippen LogP contribution is -2.22. The molecule has 152 valence electrons. The van der Waals surface area contributed by atoms with E-state index in [0.29, 0.717) is 35.3 Å². The summed E-state index contributed by atoms with van der Waals surface area (Å²) in [7, 11) is 5.23. The van der Waals surface area contributed by atoms with E-state index in [1.807, 2.05) is 37.4 Å². The van der Waals surface area contributed by atoms with Gasteiger partial charge >= 0.3 is 0 Å². The van der Waals surface area contributed by atoms with Crippen molar-refractivity contribution in [1.82, 2.24) is 19.7 Å². The number of nitrogens with one attached hydrogen (secondary N) is 1. The minimum absolute atomic E-state index is 0.261. The van der Waals surface area contributed by atoms with E-state index < -0.39 is 0 Å². The second kappa shape index (κ2) is 9.49. The highest BCUT2D eigenvalue weighted by Crippen LogP contribution is 2.27. The molecule has 0 aliphatic heterocycles. The number of benzene rings is 2. The summed E-state index contributed by atoms with van der Waals surface area (Å²) in [6.45, 7) is 1.24. The van der Waals surface area contributed by atoms with Gasteiger partial charge in [0.2, 0.25) is 4.77 Å². The Labute approximate surface area is 174 Å². The predicted molar refractivity (Wildman–Crippen MR) is 114 cm³/mol. The average molecular weight is 415 g/mol. The van der Waals surface area contributed by atoms with Crippen molar-refractivity contribution in [2.75, 3.05) is 21.3 Å². The van der Waals surface area contributed by atoms with Gasteiger partial charge in [0.15, 0.2) is 11.5 Å². The van der Waals surface area contributed by atoms with Crippen LogP contribution in [0.2, 0.25) is 0 Å². The molecule has 3 rings (SSSR count). The molecular weight excluding hydrogens is 391 g/mol. The lowest BCUT2D eigenvalue weighted by atomic mass is 10.2. The molecule has 1 N–H and O–H groups in total. The molecule has 0 bridgehead atoms. The fraction of sp³-hybridized carbons (Fsp3) is 0.238. The van der Waals surface area contributed by atoms with Gasteiger partial charge in [0.05, 0.1) is 20.9 Å². The van der Waals surface area contributed by atoms with E-state index >= 15 is 0 Å². The molecule has 0 spiro atoms. The van der Waals surface area contributed by atoms with Gasteiger partial charge in [-0.05, 0) is 60.7 Å². The Hall–Kier alpha value is -2.97. The van der Waals surface area contributed by atoms with E-state index in [1.165, 1.54) is 12.1 Å². The van der Waals surface area contributed by atoms with Gasteiger partial charge in [-0.1, -0.05) is 24.3 Å². The first-order valence-electron chi connectivity index (χ1n) is 8.98. The van der Waals surface area contributed by atoms with Crippen molar-refractivity contribution < 1.29 is 13.9 Å². The SMILES string of the molecule is COc1ccc(CN(C)Cn2[nH]c(/C=C/c3ccc(F)cc3)nc2=S)cc1OC. The first kappa shape index (κ1) is 20.8. The molecule has 3 aromatic rings. The summed E-state index contributed by atoms with van der Waals surface area (Å²) in [6, 6.07) is 12.1. The van der Waals surface area contributed by atoms with Gasteiger partial charge in [-0.25, -0.2) is 9.07 Å². The van der Waals surface area contributed by atoms with Crippen molar-refractivity contribution >= 4 is 24.4 Å². The fourth-order valence-corrected chi connectivity index (χ4v) is 3.08. The zero-order valence-corrected chi connectivity index (χ0v) is 17.4. The number of ether oxygens (including phenoxy) is 2.